The summed E-state index contributed by atoms with van der Waals surface area (Å²) in [7, 11) is 0. The normalized spacial score (nSPS) is 24.3. The van der Waals surface area contributed by atoms with Crippen molar-refractivity contribution in [2.45, 2.75) is 59.8 Å². The quantitative estimate of drug-likeness (QED) is 0.690. The molecule has 1 fully saturated rings. The van der Waals surface area contributed by atoms with E-state index in [0.29, 0.717) is 17.2 Å². The summed E-state index contributed by atoms with van der Waals surface area (Å²) in [5, 5.41) is 0. The number of alkyl halides is 1. The Morgan fingerprint density at radius 3 is 2.21 bits per heavy atom. The van der Waals surface area contributed by atoms with E-state index in [9.17, 15) is 4.79 Å². The van der Waals surface area contributed by atoms with Gasteiger partial charge in [0.15, 0.2) is 0 Å². The van der Waals surface area contributed by atoms with Crippen LogP contribution in [0.4, 0.5) is 0 Å². The van der Waals surface area contributed by atoms with Crippen LogP contribution in [0.3, 0.4) is 0 Å². The summed E-state index contributed by atoms with van der Waals surface area (Å²) < 4.78 is 0. The van der Waals surface area contributed by atoms with E-state index in [4.69, 9.17) is 11.6 Å². The van der Waals surface area contributed by atoms with Crippen LogP contribution in [0.1, 0.15) is 59.8 Å². The highest BCUT2D eigenvalue weighted by molar-refractivity contribution is 6.17. The average molecular weight is 288 g/mol. The lowest BCUT2D eigenvalue weighted by Crippen LogP contribution is -2.39. The predicted molar refractivity (Wildman–Crippen MR) is 82.5 cm³/mol. The van der Waals surface area contributed by atoms with Gasteiger partial charge in [-0.3, -0.25) is 4.79 Å². The summed E-state index contributed by atoms with van der Waals surface area (Å²) in [6.07, 6.45) is 5.44. The molecule has 0 saturated heterocycles. The van der Waals surface area contributed by atoms with E-state index in [2.05, 4.69) is 27.7 Å². The van der Waals surface area contributed by atoms with Crippen LogP contribution in [0.25, 0.3) is 0 Å². The van der Waals surface area contributed by atoms with E-state index in [1.165, 1.54) is 12.8 Å². The maximum Gasteiger partial charge on any atom is 0.225 e. The summed E-state index contributed by atoms with van der Waals surface area (Å²) in [6, 6.07) is 0. The molecule has 112 valence electrons. The second-order valence-electron chi connectivity index (χ2n) is 6.88. The molecular formula is C16H30ClNO. The van der Waals surface area contributed by atoms with Crippen LogP contribution in [0, 0.1) is 17.3 Å². The number of carbonyl (C=O) groups excluding carboxylic acids is 1. The minimum Gasteiger partial charge on any atom is -0.343 e. The number of halogens is 1. The zero-order valence-corrected chi connectivity index (χ0v) is 13.8. The van der Waals surface area contributed by atoms with Crippen LogP contribution >= 0.6 is 11.6 Å². The van der Waals surface area contributed by atoms with Gasteiger partial charge in [-0.05, 0) is 50.4 Å². The number of hydrogen-bond acceptors (Lipinski definition) is 1. The van der Waals surface area contributed by atoms with Gasteiger partial charge in [0.1, 0.15) is 0 Å². The molecule has 2 nitrogen and oxygen atoms in total. The maximum atomic E-state index is 12.5. The third-order valence-electron chi connectivity index (χ3n) is 4.56. The molecule has 3 heteroatoms. The van der Waals surface area contributed by atoms with Gasteiger partial charge < -0.3 is 4.90 Å². The van der Waals surface area contributed by atoms with Crippen molar-refractivity contribution >= 4 is 17.5 Å². The molecule has 0 unspecified atom stereocenters. The molecule has 1 saturated carbocycles. The first-order chi connectivity index (χ1) is 8.90. The SMILES string of the molecule is CCN(CCCCl)C(=O)C1CCC(C(C)(C)C)CC1. The van der Waals surface area contributed by atoms with Crippen LogP contribution < -0.4 is 0 Å². The lowest BCUT2D eigenvalue weighted by Gasteiger charge is -2.37. The Morgan fingerprint density at radius 1 is 1.21 bits per heavy atom. The van der Waals surface area contributed by atoms with E-state index < -0.39 is 0 Å². The molecule has 0 aromatic rings. The van der Waals surface area contributed by atoms with Crippen molar-refractivity contribution in [3.63, 3.8) is 0 Å². The Kier molecular flexibility index (Phi) is 6.65. The lowest BCUT2D eigenvalue weighted by atomic mass is 9.69. The molecule has 0 atom stereocenters. The molecule has 19 heavy (non-hydrogen) atoms. The minimum absolute atomic E-state index is 0.258. The van der Waals surface area contributed by atoms with Crippen molar-refractivity contribution in [2.75, 3.05) is 19.0 Å². The van der Waals surface area contributed by atoms with Crippen LogP contribution in [-0.4, -0.2) is 29.8 Å². The van der Waals surface area contributed by atoms with Crippen molar-refractivity contribution < 1.29 is 4.79 Å². The molecule has 0 spiro atoms. The Labute approximate surface area is 123 Å². The van der Waals surface area contributed by atoms with E-state index in [-0.39, 0.29) is 5.92 Å². The van der Waals surface area contributed by atoms with Gasteiger partial charge in [0.2, 0.25) is 5.91 Å². The van der Waals surface area contributed by atoms with Gasteiger partial charge in [-0.15, -0.1) is 11.6 Å². The van der Waals surface area contributed by atoms with Gasteiger partial charge >= 0.3 is 0 Å². The highest BCUT2D eigenvalue weighted by Gasteiger charge is 2.33. The van der Waals surface area contributed by atoms with Crippen molar-refractivity contribution in [1.82, 2.24) is 4.90 Å². The highest BCUT2D eigenvalue weighted by Crippen LogP contribution is 2.40. The lowest BCUT2D eigenvalue weighted by molar-refractivity contribution is -0.137. The van der Waals surface area contributed by atoms with E-state index in [0.717, 1.165) is 38.3 Å². The van der Waals surface area contributed by atoms with E-state index in [1.807, 2.05) is 4.90 Å². The van der Waals surface area contributed by atoms with Crippen LogP contribution in [-0.2, 0) is 4.79 Å². The summed E-state index contributed by atoms with van der Waals surface area (Å²) in [6.45, 7) is 10.6. The molecule has 0 radical (unpaired) electrons. The third kappa shape index (κ3) is 4.98. The third-order valence-corrected chi connectivity index (χ3v) is 4.82. The Morgan fingerprint density at radius 2 is 1.79 bits per heavy atom. The topological polar surface area (TPSA) is 20.3 Å². The fourth-order valence-corrected chi connectivity index (χ4v) is 3.26. The maximum absolute atomic E-state index is 12.5. The fourth-order valence-electron chi connectivity index (χ4n) is 3.14. The van der Waals surface area contributed by atoms with E-state index >= 15 is 0 Å². The molecule has 0 heterocycles. The van der Waals surface area contributed by atoms with Crippen molar-refractivity contribution in [3.8, 4) is 0 Å². The molecule has 1 aliphatic carbocycles. The molecular weight excluding hydrogens is 258 g/mol. The molecule has 0 aromatic carbocycles. The number of amides is 1. The summed E-state index contributed by atoms with van der Waals surface area (Å²) >= 11 is 5.72. The van der Waals surface area contributed by atoms with Gasteiger partial charge in [0.05, 0.1) is 0 Å². The molecule has 0 aromatic heterocycles. The van der Waals surface area contributed by atoms with Gasteiger partial charge in [0, 0.05) is 24.9 Å². The average Bonchev–Trinajstić information content (AvgIpc) is 2.38. The molecule has 0 N–H and O–H groups in total. The van der Waals surface area contributed by atoms with Crippen LogP contribution in [0.15, 0.2) is 0 Å². The van der Waals surface area contributed by atoms with Crippen molar-refractivity contribution in [2.24, 2.45) is 17.3 Å². The Hall–Kier alpha value is -0.240. The predicted octanol–water partition coefficient (Wildman–Crippen LogP) is 4.32. The summed E-state index contributed by atoms with van der Waals surface area (Å²) in [5.41, 5.74) is 0.386. The standard InChI is InChI=1S/C16H30ClNO/c1-5-18(12-6-11-17)15(19)13-7-9-14(10-8-13)16(2,3)4/h13-14H,5-12H2,1-4H3. The summed E-state index contributed by atoms with van der Waals surface area (Å²) in [4.78, 5) is 14.5. The van der Waals surface area contributed by atoms with Crippen molar-refractivity contribution in [1.29, 1.82) is 0 Å². The molecule has 1 amide bonds. The van der Waals surface area contributed by atoms with E-state index in [1.54, 1.807) is 0 Å². The van der Waals surface area contributed by atoms with Crippen LogP contribution in [0.2, 0.25) is 0 Å². The van der Waals surface area contributed by atoms with Crippen molar-refractivity contribution in [3.05, 3.63) is 0 Å². The molecule has 1 rings (SSSR count). The zero-order valence-electron chi connectivity index (χ0n) is 13.0. The molecule has 0 aliphatic heterocycles. The fraction of sp³-hybridized carbons (Fsp3) is 0.938. The number of carbonyl (C=O) groups is 1. The monoisotopic (exact) mass is 287 g/mol. The first-order valence-corrected chi connectivity index (χ1v) is 8.28. The second kappa shape index (κ2) is 7.52. The number of hydrogen-bond donors (Lipinski definition) is 0. The molecule has 0 bridgehead atoms. The Bertz CT molecular complexity index is 277. The smallest absolute Gasteiger partial charge is 0.225 e. The number of rotatable bonds is 5. The number of nitrogens with zero attached hydrogens (tertiary/aromatic N) is 1. The Balaban J connectivity index is 2.47. The zero-order chi connectivity index (χ0) is 14.5. The van der Waals surface area contributed by atoms with Gasteiger partial charge in [-0.25, -0.2) is 0 Å². The first kappa shape index (κ1) is 16.8. The van der Waals surface area contributed by atoms with Crippen LogP contribution in [0.5, 0.6) is 0 Å². The second-order valence-corrected chi connectivity index (χ2v) is 7.25. The van der Waals surface area contributed by atoms with Gasteiger partial charge in [-0.1, -0.05) is 20.8 Å². The summed E-state index contributed by atoms with van der Waals surface area (Å²) in [5.74, 6) is 2.03. The largest absolute Gasteiger partial charge is 0.343 e. The van der Waals surface area contributed by atoms with Gasteiger partial charge in [-0.2, -0.15) is 0 Å². The minimum atomic E-state index is 0.258. The highest BCUT2D eigenvalue weighted by atomic mass is 35.5. The molecule has 1 aliphatic rings. The van der Waals surface area contributed by atoms with Gasteiger partial charge in [0.25, 0.3) is 0 Å². The first-order valence-electron chi connectivity index (χ1n) is 7.74.